The Labute approximate surface area is 178 Å². The third-order valence-electron chi connectivity index (χ3n) is 4.38. The summed E-state index contributed by atoms with van der Waals surface area (Å²) in [7, 11) is 0. The number of nitrogens with zero attached hydrogens (tertiary/aromatic N) is 3. The molecule has 4 aromatic rings. The highest BCUT2D eigenvalue weighted by Crippen LogP contribution is 2.21. The number of para-hydroxylation sites is 1. The summed E-state index contributed by atoms with van der Waals surface area (Å²) in [4.78, 5) is 24.8. The molecule has 3 aromatic carbocycles. The Balaban J connectivity index is 1.37. The molecule has 0 radical (unpaired) electrons. The summed E-state index contributed by atoms with van der Waals surface area (Å²) in [5.74, 6) is 0.0235. The number of ketones is 1. The summed E-state index contributed by atoms with van der Waals surface area (Å²) >= 11 is 1.33. The van der Waals surface area contributed by atoms with Crippen molar-refractivity contribution < 1.29 is 9.59 Å². The predicted octanol–water partition coefficient (Wildman–Crippen LogP) is 4.49. The van der Waals surface area contributed by atoms with Gasteiger partial charge in [-0.1, -0.05) is 48.2 Å². The minimum absolute atomic E-state index is 0.0245. The van der Waals surface area contributed by atoms with E-state index in [-0.39, 0.29) is 17.4 Å². The van der Waals surface area contributed by atoms with Crippen molar-refractivity contribution in [3.63, 3.8) is 0 Å². The van der Waals surface area contributed by atoms with E-state index in [1.807, 2.05) is 53.1 Å². The number of rotatable bonds is 7. The first-order valence-corrected chi connectivity index (χ1v) is 10.3. The van der Waals surface area contributed by atoms with Crippen LogP contribution in [0.5, 0.6) is 0 Å². The average Bonchev–Trinajstić information content (AvgIpc) is 3.28. The highest BCUT2D eigenvalue weighted by atomic mass is 32.2. The zero-order chi connectivity index (χ0) is 20.8. The summed E-state index contributed by atoms with van der Waals surface area (Å²) in [5.41, 5.74) is 2.73. The molecule has 0 aliphatic rings. The Bertz CT molecular complexity index is 1140. The summed E-state index contributed by atoms with van der Waals surface area (Å²) in [5, 5.41) is 11.5. The fourth-order valence-corrected chi connectivity index (χ4v) is 3.66. The van der Waals surface area contributed by atoms with E-state index in [0.717, 1.165) is 5.69 Å². The molecule has 1 N–H and O–H groups in total. The molecule has 6 nitrogen and oxygen atoms in total. The van der Waals surface area contributed by atoms with Gasteiger partial charge in [-0.3, -0.25) is 14.2 Å². The molecule has 148 valence electrons. The third-order valence-corrected chi connectivity index (χ3v) is 5.33. The first-order chi connectivity index (χ1) is 14.7. The lowest BCUT2D eigenvalue weighted by molar-refractivity contribution is 0.101. The number of hydrogen-bond donors (Lipinski definition) is 1. The summed E-state index contributed by atoms with van der Waals surface area (Å²) in [6.07, 6.45) is 1.63. The van der Waals surface area contributed by atoms with Crippen molar-refractivity contribution in [1.29, 1.82) is 0 Å². The minimum atomic E-state index is -0.189. The number of benzene rings is 3. The van der Waals surface area contributed by atoms with Crippen LogP contribution in [-0.2, 0) is 0 Å². The lowest BCUT2D eigenvalue weighted by Gasteiger charge is -2.07. The molecule has 0 saturated heterocycles. The molecule has 0 aliphatic heterocycles. The largest absolute Gasteiger partial charge is 0.322 e. The molecule has 0 atom stereocenters. The maximum atomic E-state index is 12.6. The average molecular weight is 414 g/mol. The van der Waals surface area contributed by atoms with E-state index in [9.17, 15) is 9.59 Å². The summed E-state index contributed by atoms with van der Waals surface area (Å²) < 4.78 is 1.85. The fourth-order valence-electron chi connectivity index (χ4n) is 2.83. The number of thioether (sulfide) groups is 1. The number of anilines is 1. The molecule has 1 aromatic heterocycles. The number of amides is 1. The van der Waals surface area contributed by atoms with E-state index in [4.69, 9.17) is 0 Å². The van der Waals surface area contributed by atoms with Gasteiger partial charge in [0.15, 0.2) is 10.9 Å². The Kier molecular flexibility index (Phi) is 6.01. The van der Waals surface area contributed by atoms with Crippen LogP contribution in [0.4, 0.5) is 5.69 Å². The number of nitrogens with one attached hydrogen (secondary N) is 1. The van der Waals surface area contributed by atoms with Gasteiger partial charge in [0.05, 0.1) is 5.75 Å². The van der Waals surface area contributed by atoms with E-state index < -0.39 is 0 Å². The van der Waals surface area contributed by atoms with Crippen molar-refractivity contribution in [2.45, 2.75) is 5.16 Å². The van der Waals surface area contributed by atoms with Gasteiger partial charge in [-0.25, -0.2) is 0 Å². The van der Waals surface area contributed by atoms with Crippen LogP contribution in [0.2, 0.25) is 0 Å². The molecule has 4 rings (SSSR count). The monoisotopic (exact) mass is 414 g/mol. The van der Waals surface area contributed by atoms with Crippen LogP contribution in [0.25, 0.3) is 5.69 Å². The number of carbonyl (C=O) groups is 2. The van der Waals surface area contributed by atoms with Crippen LogP contribution in [0, 0.1) is 0 Å². The lowest BCUT2D eigenvalue weighted by Crippen LogP contribution is -2.12. The molecule has 0 spiro atoms. The maximum Gasteiger partial charge on any atom is 0.255 e. The molecule has 0 aliphatic carbocycles. The van der Waals surface area contributed by atoms with Gasteiger partial charge in [0, 0.05) is 22.5 Å². The molecule has 0 bridgehead atoms. The Morgan fingerprint density at radius 1 is 0.833 bits per heavy atom. The Morgan fingerprint density at radius 2 is 1.50 bits per heavy atom. The Morgan fingerprint density at radius 3 is 2.20 bits per heavy atom. The number of carbonyl (C=O) groups excluding carboxylic acids is 2. The zero-order valence-electron chi connectivity index (χ0n) is 15.9. The smallest absolute Gasteiger partial charge is 0.255 e. The molecule has 7 heteroatoms. The quantitative estimate of drug-likeness (QED) is 0.356. The van der Waals surface area contributed by atoms with E-state index in [2.05, 4.69) is 15.5 Å². The van der Waals surface area contributed by atoms with Crippen molar-refractivity contribution in [3.05, 3.63) is 102 Å². The van der Waals surface area contributed by atoms with Crippen LogP contribution in [-0.4, -0.2) is 32.2 Å². The highest BCUT2D eigenvalue weighted by molar-refractivity contribution is 7.99. The van der Waals surface area contributed by atoms with Crippen LogP contribution in [0.15, 0.2) is 96.4 Å². The lowest BCUT2D eigenvalue weighted by atomic mass is 10.1. The van der Waals surface area contributed by atoms with E-state index >= 15 is 0 Å². The van der Waals surface area contributed by atoms with Crippen molar-refractivity contribution in [2.75, 3.05) is 11.1 Å². The van der Waals surface area contributed by atoms with E-state index in [1.165, 1.54) is 11.8 Å². The summed E-state index contributed by atoms with van der Waals surface area (Å²) in [6, 6.07) is 25.6. The predicted molar refractivity (Wildman–Crippen MR) is 117 cm³/mol. The minimum Gasteiger partial charge on any atom is -0.322 e. The molecule has 1 heterocycles. The molecule has 0 saturated carbocycles. The molecule has 0 unspecified atom stereocenters. The molecular formula is C23H18N4O2S. The number of hydrogen-bond acceptors (Lipinski definition) is 5. The third kappa shape index (κ3) is 4.64. The van der Waals surface area contributed by atoms with Gasteiger partial charge in [-0.05, 0) is 48.5 Å². The van der Waals surface area contributed by atoms with Crippen molar-refractivity contribution in [2.24, 2.45) is 0 Å². The normalized spacial score (nSPS) is 10.5. The molecule has 30 heavy (non-hydrogen) atoms. The number of Topliss-reactive ketones (excluding diaryl/α,β-unsaturated/α-hetero) is 1. The second-order valence-corrected chi connectivity index (χ2v) is 7.37. The van der Waals surface area contributed by atoms with E-state index in [0.29, 0.717) is 22.0 Å². The second-order valence-electron chi connectivity index (χ2n) is 6.43. The SMILES string of the molecule is O=C(CSc1nncn1-c1ccccc1)c1ccc(NC(=O)c2ccccc2)cc1. The highest BCUT2D eigenvalue weighted by Gasteiger charge is 2.12. The summed E-state index contributed by atoms with van der Waals surface area (Å²) in [6.45, 7) is 0. The van der Waals surface area contributed by atoms with Crippen LogP contribution in [0.3, 0.4) is 0 Å². The van der Waals surface area contributed by atoms with Crippen molar-refractivity contribution in [3.8, 4) is 5.69 Å². The van der Waals surface area contributed by atoms with Gasteiger partial charge in [-0.15, -0.1) is 10.2 Å². The van der Waals surface area contributed by atoms with Gasteiger partial charge in [0.1, 0.15) is 6.33 Å². The van der Waals surface area contributed by atoms with Crippen LogP contribution >= 0.6 is 11.8 Å². The zero-order valence-corrected chi connectivity index (χ0v) is 16.8. The first kappa shape index (κ1) is 19.6. The number of aromatic nitrogens is 3. The molecule has 1 amide bonds. The topological polar surface area (TPSA) is 76.9 Å². The molecular weight excluding hydrogens is 396 g/mol. The van der Waals surface area contributed by atoms with Gasteiger partial charge in [0.2, 0.25) is 0 Å². The van der Waals surface area contributed by atoms with Gasteiger partial charge in [-0.2, -0.15) is 0 Å². The first-order valence-electron chi connectivity index (χ1n) is 9.28. The maximum absolute atomic E-state index is 12.6. The fraction of sp³-hybridized carbons (Fsp3) is 0.0435. The van der Waals surface area contributed by atoms with E-state index in [1.54, 1.807) is 42.7 Å². The van der Waals surface area contributed by atoms with Gasteiger partial charge < -0.3 is 5.32 Å². The Hall–Kier alpha value is -3.71. The van der Waals surface area contributed by atoms with Gasteiger partial charge >= 0.3 is 0 Å². The van der Waals surface area contributed by atoms with Crippen molar-refractivity contribution >= 4 is 29.1 Å². The molecule has 0 fully saturated rings. The van der Waals surface area contributed by atoms with Crippen LogP contribution < -0.4 is 5.32 Å². The second kappa shape index (κ2) is 9.19. The van der Waals surface area contributed by atoms with Crippen molar-refractivity contribution in [1.82, 2.24) is 14.8 Å². The standard InChI is InChI=1S/C23H18N4O2S/c28-21(15-30-23-26-24-16-27(23)20-9-5-2-6-10-20)17-11-13-19(14-12-17)25-22(29)18-7-3-1-4-8-18/h1-14,16H,15H2,(H,25,29). The van der Waals surface area contributed by atoms with Gasteiger partial charge in [0.25, 0.3) is 5.91 Å². The van der Waals surface area contributed by atoms with Crippen LogP contribution in [0.1, 0.15) is 20.7 Å².